The topological polar surface area (TPSA) is 58.8 Å². The third-order valence-corrected chi connectivity index (χ3v) is 5.60. The minimum atomic E-state index is 0.108. The van der Waals surface area contributed by atoms with Gasteiger partial charge in [0.2, 0.25) is 11.8 Å². The van der Waals surface area contributed by atoms with Gasteiger partial charge < -0.3 is 14.1 Å². The second-order valence-electron chi connectivity index (χ2n) is 7.80. The molecule has 2 heterocycles. The molecule has 1 aliphatic heterocycles. The number of hydrogen-bond acceptors (Lipinski definition) is 5. The highest BCUT2D eigenvalue weighted by Gasteiger charge is 2.23. The van der Waals surface area contributed by atoms with E-state index in [-0.39, 0.29) is 12.3 Å². The third-order valence-electron chi connectivity index (χ3n) is 5.60. The van der Waals surface area contributed by atoms with Gasteiger partial charge in [-0.15, -0.1) is 0 Å². The van der Waals surface area contributed by atoms with Crippen molar-refractivity contribution in [3.8, 4) is 17.2 Å². The van der Waals surface area contributed by atoms with Gasteiger partial charge in [0.05, 0.1) is 18.7 Å². The number of piperazine rings is 1. The molecular weight excluding hydrogens is 390 g/mol. The number of nitrogens with zero attached hydrogens (tertiary/aromatic N) is 3. The Morgan fingerprint density at radius 1 is 1.03 bits per heavy atom. The van der Waals surface area contributed by atoms with Gasteiger partial charge in [0.15, 0.2) is 0 Å². The second-order valence-corrected chi connectivity index (χ2v) is 7.80. The van der Waals surface area contributed by atoms with Gasteiger partial charge in [-0.3, -0.25) is 9.69 Å². The van der Waals surface area contributed by atoms with Crippen LogP contribution in [0, 0.1) is 6.92 Å². The van der Waals surface area contributed by atoms with Crippen molar-refractivity contribution in [2.45, 2.75) is 26.8 Å². The van der Waals surface area contributed by atoms with Crippen LogP contribution in [0.15, 0.2) is 59.0 Å². The van der Waals surface area contributed by atoms with E-state index in [1.165, 1.54) is 5.56 Å². The fourth-order valence-electron chi connectivity index (χ4n) is 3.82. The van der Waals surface area contributed by atoms with Crippen LogP contribution >= 0.6 is 0 Å². The molecular formula is C25H29N3O3. The molecule has 1 aliphatic rings. The molecule has 1 amide bonds. The van der Waals surface area contributed by atoms with E-state index in [2.05, 4.69) is 22.0 Å². The summed E-state index contributed by atoms with van der Waals surface area (Å²) in [6.07, 6.45) is 0.279. The van der Waals surface area contributed by atoms with Gasteiger partial charge in [-0.1, -0.05) is 30.3 Å². The molecule has 6 heteroatoms. The molecule has 0 unspecified atom stereocenters. The van der Waals surface area contributed by atoms with Gasteiger partial charge >= 0.3 is 0 Å². The molecule has 31 heavy (non-hydrogen) atoms. The van der Waals surface area contributed by atoms with E-state index in [4.69, 9.17) is 9.15 Å². The summed E-state index contributed by atoms with van der Waals surface area (Å²) in [4.78, 5) is 21.7. The molecule has 0 N–H and O–H groups in total. The zero-order valence-electron chi connectivity index (χ0n) is 18.2. The summed E-state index contributed by atoms with van der Waals surface area (Å²) >= 11 is 0. The number of oxazole rings is 1. The zero-order chi connectivity index (χ0) is 21.6. The van der Waals surface area contributed by atoms with E-state index in [0.717, 1.165) is 49.7 Å². The molecule has 0 aliphatic carbocycles. The van der Waals surface area contributed by atoms with Crippen LogP contribution in [-0.4, -0.2) is 53.5 Å². The van der Waals surface area contributed by atoms with Crippen molar-refractivity contribution >= 4 is 5.91 Å². The molecule has 0 atom stereocenters. The Bertz CT molecular complexity index is 991. The number of aromatic nitrogens is 1. The third kappa shape index (κ3) is 5.33. The Balaban J connectivity index is 1.29. The number of aryl methyl sites for hydroxylation is 1. The summed E-state index contributed by atoms with van der Waals surface area (Å²) in [7, 11) is 0. The highest BCUT2D eigenvalue weighted by Crippen LogP contribution is 2.22. The lowest BCUT2D eigenvalue weighted by Gasteiger charge is -2.34. The number of ether oxygens (including phenoxy) is 1. The molecule has 162 valence electrons. The average molecular weight is 420 g/mol. The lowest BCUT2D eigenvalue weighted by atomic mass is 10.1. The highest BCUT2D eigenvalue weighted by atomic mass is 16.5. The summed E-state index contributed by atoms with van der Waals surface area (Å²) in [5, 5.41) is 0. The summed E-state index contributed by atoms with van der Waals surface area (Å²) in [5.41, 5.74) is 2.91. The maximum Gasteiger partial charge on any atom is 0.228 e. The molecule has 0 spiro atoms. The predicted octanol–water partition coefficient (Wildman–Crippen LogP) is 3.94. The van der Waals surface area contributed by atoms with Crippen molar-refractivity contribution in [3.63, 3.8) is 0 Å². The summed E-state index contributed by atoms with van der Waals surface area (Å²) in [6, 6.07) is 18.0. The molecule has 4 rings (SSSR count). The van der Waals surface area contributed by atoms with Gasteiger partial charge in [0, 0.05) is 38.3 Å². The van der Waals surface area contributed by atoms with Gasteiger partial charge in [-0.2, -0.15) is 0 Å². The Morgan fingerprint density at radius 2 is 1.74 bits per heavy atom. The molecule has 1 aromatic heterocycles. The van der Waals surface area contributed by atoms with Crippen LogP contribution in [0.4, 0.5) is 0 Å². The maximum absolute atomic E-state index is 12.8. The van der Waals surface area contributed by atoms with Crippen LogP contribution in [0.3, 0.4) is 0 Å². The van der Waals surface area contributed by atoms with Crippen molar-refractivity contribution in [2.24, 2.45) is 0 Å². The molecule has 1 saturated heterocycles. The fraction of sp³-hybridized carbons (Fsp3) is 0.360. The van der Waals surface area contributed by atoms with Gasteiger partial charge in [-0.05, 0) is 43.7 Å². The number of amides is 1. The van der Waals surface area contributed by atoms with Crippen LogP contribution in [0.25, 0.3) is 11.5 Å². The number of hydrogen-bond donors (Lipinski definition) is 0. The minimum Gasteiger partial charge on any atom is -0.494 e. The average Bonchev–Trinajstić information content (AvgIpc) is 3.16. The molecule has 0 bridgehead atoms. The lowest BCUT2D eigenvalue weighted by molar-refractivity contribution is -0.132. The number of carbonyl (C=O) groups excluding carboxylic acids is 1. The first-order chi connectivity index (χ1) is 15.1. The molecule has 6 nitrogen and oxygen atoms in total. The fourth-order valence-corrected chi connectivity index (χ4v) is 3.82. The smallest absolute Gasteiger partial charge is 0.228 e. The first kappa shape index (κ1) is 21.1. The maximum atomic E-state index is 12.8. The minimum absolute atomic E-state index is 0.108. The first-order valence-corrected chi connectivity index (χ1v) is 10.9. The van der Waals surface area contributed by atoms with Crippen LogP contribution in [0.5, 0.6) is 5.75 Å². The van der Waals surface area contributed by atoms with E-state index in [9.17, 15) is 4.79 Å². The van der Waals surface area contributed by atoms with Crippen LogP contribution in [0.2, 0.25) is 0 Å². The van der Waals surface area contributed by atoms with Crippen molar-refractivity contribution < 1.29 is 13.9 Å². The molecule has 1 fully saturated rings. The monoisotopic (exact) mass is 419 g/mol. The van der Waals surface area contributed by atoms with Crippen LogP contribution in [0.1, 0.15) is 23.9 Å². The Kier molecular flexibility index (Phi) is 6.67. The van der Waals surface area contributed by atoms with E-state index < -0.39 is 0 Å². The van der Waals surface area contributed by atoms with Gasteiger partial charge in [0.1, 0.15) is 11.5 Å². The van der Waals surface area contributed by atoms with Crippen LogP contribution in [-0.2, 0) is 17.8 Å². The Labute approximate surface area is 183 Å². The summed E-state index contributed by atoms with van der Waals surface area (Å²) in [5.74, 6) is 2.29. The summed E-state index contributed by atoms with van der Waals surface area (Å²) < 4.78 is 11.3. The van der Waals surface area contributed by atoms with E-state index in [1.807, 2.05) is 61.2 Å². The van der Waals surface area contributed by atoms with E-state index >= 15 is 0 Å². The van der Waals surface area contributed by atoms with Crippen molar-refractivity contribution in [2.75, 3.05) is 32.8 Å². The standard InChI is InChI=1S/C25H29N3O3/c1-3-30-22-11-9-20(10-12-22)18-27-13-15-28(16-14-27)24(29)17-23-19(2)31-25(26-23)21-7-5-4-6-8-21/h4-12H,3,13-18H2,1-2H3. The number of rotatable bonds is 7. The second kappa shape index (κ2) is 9.79. The van der Waals surface area contributed by atoms with E-state index in [0.29, 0.717) is 18.3 Å². The number of carbonyl (C=O) groups is 1. The Morgan fingerprint density at radius 3 is 2.42 bits per heavy atom. The van der Waals surface area contributed by atoms with Crippen LogP contribution < -0.4 is 4.74 Å². The largest absolute Gasteiger partial charge is 0.494 e. The molecule has 3 aromatic rings. The van der Waals surface area contributed by atoms with Crippen molar-refractivity contribution in [3.05, 3.63) is 71.6 Å². The lowest BCUT2D eigenvalue weighted by Crippen LogP contribution is -2.48. The van der Waals surface area contributed by atoms with Crippen molar-refractivity contribution in [1.82, 2.24) is 14.8 Å². The quantitative estimate of drug-likeness (QED) is 0.581. The van der Waals surface area contributed by atoms with Gasteiger partial charge in [0.25, 0.3) is 0 Å². The molecule has 0 radical (unpaired) electrons. The highest BCUT2D eigenvalue weighted by molar-refractivity contribution is 5.78. The Hall–Kier alpha value is -3.12. The van der Waals surface area contributed by atoms with E-state index in [1.54, 1.807) is 0 Å². The first-order valence-electron chi connectivity index (χ1n) is 10.9. The van der Waals surface area contributed by atoms with Gasteiger partial charge in [-0.25, -0.2) is 4.98 Å². The molecule has 2 aromatic carbocycles. The SMILES string of the molecule is CCOc1ccc(CN2CCN(C(=O)Cc3nc(-c4ccccc4)oc3C)CC2)cc1. The zero-order valence-corrected chi connectivity index (χ0v) is 18.2. The number of benzene rings is 2. The van der Waals surface area contributed by atoms with Crippen molar-refractivity contribution in [1.29, 1.82) is 0 Å². The predicted molar refractivity (Wildman–Crippen MR) is 120 cm³/mol. The summed E-state index contributed by atoms with van der Waals surface area (Å²) in [6.45, 7) is 8.63. The molecule has 0 saturated carbocycles. The normalized spacial score (nSPS) is 14.6.